The van der Waals surface area contributed by atoms with Crippen molar-refractivity contribution in [3.05, 3.63) is 53.6 Å². The Hall–Kier alpha value is -2.13. The average Bonchev–Trinajstić information content (AvgIpc) is 2.92. The molecule has 0 aliphatic heterocycles. The SMILES string of the molecule is CCc1ccc2c(c1)nc(-c1ccc(CN)cc1)n2CC. The Morgan fingerprint density at radius 1 is 1.00 bits per heavy atom. The monoisotopic (exact) mass is 279 g/mol. The zero-order valence-electron chi connectivity index (χ0n) is 12.6. The van der Waals surface area contributed by atoms with E-state index in [4.69, 9.17) is 10.7 Å². The van der Waals surface area contributed by atoms with Crippen molar-refractivity contribution >= 4 is 11.0 Å². The first-order valence-corrected chi connectivity index (χ1v) is 7.55. The van der Waals surface area contributed by atoms with Gasteiger partial charge in [0.05, 0.1) is 11.0 Å². The van der Waals surface area contributed by atoms with Crippen LogP contribution in [0.15, 0.2) is 42.5 Å². The number of hydrogen-bond donors (Lipinski definition) is 1. The fourth-order valence-corrected chi connectivity index (χ4v) is 2.73. The molecule has 0 radical (unpaired) electrons. The van der Waals surface area contributed by atoms with Crippen molar-refractivity contribution in [2.75, 3.05) is 0 Å². The number of nitrogens with two attached hydrogens (primary N) is 1. The van der Waals surface area contributed by atoms with Gasteiger partial charge in [0, 0.05) is 18.7 Å². The molecular weight excluding hydrogens is 258 g/mol. The maximum Gasteiger partial charge on any atom is 0.141 e. The number of aromatic nitrogens is 2. The first kappa shape index (κ1) is 13.8. The Bertz CT molecular complexity index is 754. The fourth-order valence-electron chi connectivity index (χ4n) is 2.73. The summed E-state index contributed by atoms with van der Waals surface area (Å²) in [4.78, 5) is 4.85. The largest absolute Gasteiger partial charge is 0.326 e. The van der Waals surface area contributed by atoms with Gasteiger partial charge in [0.15, 0.2) is 0 Å². The molecule has 3 nitrogen and oxygen atoms in total. The van der Waals surface area contributed by atoms with Gasteiger partial charge in [-0.1, -0.05) is 37.3 Å². The molecule has 1 aromatic heterocycles. The molecule has 1 heterocycles. The van der Waals surface area contributed by atoms with Crippen molar-refractivity contribution < 1.29 is 0 Å². The lowest BCUT2D eigenvalue weighted by Gasteiger charge is -2.07. The summed E-state index contributed by atoms with van der Waals surface area (Å²) in [5.41, 5.74) is 11.6. The van der Waals surface area contributed by atoms with Crippen LogP contribution in [0.3, 0.4) is 0 Å². The zero-order chi connectivity index (χ0) is 14.8. The van der Waals surface area contributed by atoms with Crippen LogP contribution >= 0.6 is 0 Å². The number of nitrogens with zero attached hydrogens (tertiary/aromatic N) is 2. The molecule has 0 aliphatic carbocycles. The van der Waals surface area contributed by atoms with Gasteiger partial charge in [-0.15, -0.1) is 0 Å². The van der Waals surface area contributed by atoms with Crippen LogP contribution in [0.4, 0.5) is 0 Å². The molecule has 3 heteroatoms. The first-order chi connectivity index (χ1) is 10.3. The van der Waals surface area contributed by atoms with Crippen molar-refractivity contribution in [2.45, 2.75) is 33.4 Å². The summed E-state index contributed by atoms with van der Waals surface area (Å²) in [5, 5.41) is 0. The highest BCUT2D eigenvalue weighted by atomic mass is 15.1. The molecule has 0 saturated carbocycles. The molecule has 0 atom stereocenters. The molecule has 0 bridgehead atoms. The third-order valence-corrected chi connectivity index (χ3v) is 3.98. The van der Waals surface area contributed by atoms with Crippen LogP contribution in [0.25, 0.3) is 22.4 Å². The van der Waals surface area contributed by atoms with Gasteiger partial charge in [0.25, 0.3) is 0 Å². The smallest absolute Gasteiger partial charge is 0.141 e. The van der Waals surface area contributed by atoms with Crippen molar-refractivity contribution in [2.24, 2.45) is 5.73 Å². The molecule has 3 aromatic rings. The standard InChI is InChI=1S/C18H21N3/c1-3-13-7-10-17-16(11-13)20-18(21(17)4-2)15-8-5-14(12-19)6-9-15/h5-11H,3-4,12,19H2,1-2H3. The van der Waals surface area contributed by atoms with Crippen molar-refractivity contribution in [3.63, 3.8) is 0 Å². The zero-order valence-corrected chi connectivity index (χ0v) is 12.6. The second-order valence-corrected chi connectivity index (χ2v) is 5.26. The van der Waals surface area contributed by atoms with Gasteiger partial charge in [-0.05, 0) is 36.6 Å². The highest BCUT2D eigenvalue weighted by Crippen LogP contribution is 2.26. The van der Waals surface area contributed by atoms with E-state index < -0.39 is 0 Å². The van der Waals surface area contributed by atoms with E-state index in [-0.39, 0.29) is 0 Å². The minimum Gasteiger partial charge on any atom is -0.326 e. The van der Waals surface area contributed by atoms with Crippen LogP contribution in [-0.2, 0) is 19.5 Å². The Morgan fingerprint density at radius 3 is 2.33 bits per heavy atom. The third kappa shape index (κ3) is 2.45. The highest BCUT2D eigenvalue weighted by Gasteiger charge is 2.11. The second kappa shape index (κ2) is 5.70. The van der Waals surface area contributed by atoms with Crippen LogP contribution in [0.1, 0.15) is 25.0 Å². The van der Waals surface area contributed by atoms with E-state index in [2.05, 4.69) is 60.9 Å². The Labute approximate surface area is 125 Å². The molecule has 0 spiro atoms. The lowest BCUT2D eigenvalue weighted by atomic mass is 10.1. The predicted molar refractivity (Wildman–Crippen MR) is 88.1 cm³/mol. The van der Waals surface area contributed by atoms with Gasteiger partial charge in [-0.25, -0.2) is 4.98 Å². The molecule has 3 rings (SSSR count). The highest BCUT2D eigenvalue weighted by molar-refractivity contribution is 5.81. The van der Waals surface area contributed by atoms with Crippen LogP contribution in [-0.4, -0.2) is 9.55 Å². The molecule has 108 valence electrons. The molecule has 21 heavy (non-hydrogen) atoms. The van der Waals surface area contributed by atoms with E-state index in [1.54, 1.807) is 0 Å². The molecule has 2 N–H and O–H groups in total. The van der Waals surface area contributed by atoms with Gasteiger partial charge in [0.1, 0.15) is 5.82 Å². The van der Waals surface area contributed by atoms with E-state index in [1.165, 1.54) is 11.1 Å². The number of rotatable bonds is 4. The summed E-state index contributed by atoms with van der Waals surface area (Å²) < 4.78 is 2.27. The van der Waals surface area contributed by atoms with E-state index >= 15 is 0 Å². The van der Waals surface area contributed by atoms with E-state index in [0.29, 0.717) is 6.54 Å². The maximum atomic E-state index is 5.67. The summed E-state index contributed by atoms with van der Waals surface area (Å²) in [6.07, 6.45) is 1.04. The second-order valence-electron chi connectivity index (χ2n) is 5.26. The molecular formula is C18H21N3. The first-order valence-electron chi connectivity index (χ1n) is 7.55. The maximum absolute atomic E-state index is 5.67. The predicted octanol–water partition coefficient (Wildman–Crippen LogP) is 3.74. The third-order valence-electron chi connectivity index (χ3n) is 3.98. The molecule has 0 unspecified atom stereocenters. The quantitative estimate of drug-likeness (QED) is 0.790. The van der Waals surface area contributed by atoms with E-state index in [1.807, 2.05) is 0 Å². The summed E-state index contributed by atoms with van der Waals surface area (Å²) >= 11 is 0. The van der Waals surface area contributed by atoms with Crippen molar-refractivity contribution in [1.29, 1.82) is 0 Å². The molecule has 0 amide bonds. The normalized spacial score (nSPS) is 11.2. The van der Waals surface area contributed by atoms with Gasteiger partial charge in [-0.3, -0.25) is 0 Å². The number of imidazole rings is 1. The van der Waals surface area contributed by atoms with Crippen LogP contribution < -0.4 is 5.73 Å². The van der Waals surface area contributed by atoms with Crippen LogP contribution in [0.5, 0.6) is 0 Å². The number of aryl methyl sites for hydroxylation is 2. The molecule has 0 saturated heterocycles. The fraction of sp³-hybridized carbons (Fsp3) is 0.278. The number of hydrogen-bond acceptors (Lipinski definition) is 2. The van der Waals surface area contributed by atoms with Crippen molar-refractivity contribution in [3.8, 4) is 11.4 Å². The summed E-state index contributed by atoms with van der Waals surface area (Å²) in [6, 6.07) is 14.9. The van der Waals surface area contributed by atoms with Gasteiger partial charge < -0.3 is 10.3 Å². The summed E-state index contributed by atoms with van der Waals surface area (Å²) in [5.74, 6) is 1.03. The minimum atomic E-state index is 0.574. The molecule has 0 aliphatic rings. The minimum absolute atomic E-state index is 0.574. The van der Waals surface area contributed by atoms with E-state index in [0.717, 1.165) is 35.4 Å². The lowest BCUT2D eigenvalue weighted by Crippen LogP contribution is -1.99. The average molecular weight is 279 g/mol. The lowest BCUT2D eigenvalue weighted by molar-refractivity contribution is 0.796. The number of fused-ring (bicyclic) bond motifs is 1. The summed E-state index contributed by atoms with van der Waals surface area (Å²) in [7, 11) is 0. The van der Waals surface area contributed by atoms with E-state index in [9.17, 15) is 0 Å². The number of benzene rings is 2. The Balaban J connectivity index is 2.16. The van der Waals surface area contributed by atoms with Crippen LogP contribution in [0.2, 0.25) is 0 Å². The molecule has 0 fully saturated rings. The van der Waals surface area contributed by atoms with Crippen molar-refractivity contribution in [1.82, 2.24) is 9.55 Å². The van der Waals surface area contributed by atoms with Crippen LogP contribution in [0, 0.1) is 0 Å². The Kier molecular flexibility index (Phi) is 3.76. The van der Waals surface area contributed by atoms with Gasteiger partial charge in [-0.2, -0.15) is 0 Å². The summed E-state index contributed by atoms with van der Waals surface area (Å²) in [6.45, 7) is 5.82. The Morgan fingerprint density at radius 2 is 1.71 bits per heavy atom. The molecule has 2 aromatic carbocycles. The topological polar surface area (TPSA) is 43.8 Å². The van der Waals surface area contributed by atoms with Gasteiger partial charge >= 0.3 is 0 Å². The van der Waals surface area contributed by atoms with Gasteiger partial charge in [0.2, 0.25) is 0 Å².